The van der Waals surface area contributed by atoms with Crippen molar-refractivity contribution in [2.24, 2.45) is 0 Å². The summed E-state index contributed by atoms with van der Waals surface area (Å²) in [7, 11) is 0. The Morgan fingerprint density at radius 3 is 1.69 bits per heavy atom. The Labute approximate surface area is 156 Å². The molecular formula is C19H36O7. The Hall–Kier alpha value is -1.47. The number of esters is 1. The molecule has 0 fully saturated rings. The van der Waals surface area contributed by atoms with Gasteiger partial charge in [-0.3, -0.25) is 14.4 Å². The van der Waals surface area contributed by atoms with E-state index in [1.54, 1.807) is 0 Å². The Bertz CT molecular complexity index is 382. The summed E-state index contributed by atoms with van der Waals surface area (Å²) in [5, 5.41) is 25.9. The molecule has 0 bridgehead atoms. The minimum atomic E-state index is -1.34. The topological polar surface area (TPSA) is 121 Å². The number of carboxylic acids is 1. The lowest BCUT2D eigenvalue weighted by Gasteiger charge is -2.17. The largest absolute Gasteiger partial charge is 0.481 e. The van der Waals surface area contributed by atoms with Crippen LogP contribution in [0.15, 0.2) is 0 Å². The number of ketones is 1. The molecule has 26 heavy (non-hydrogen) atoms. The molecule has 0 amide bonds. The summed E-state index contributed by atoms with van der Waals surface area (Å²) >= 11 is 0. The number of carbonyl (C=O) groups is 3. The van der Waals surface area contributed by atoms with E-state index in [1.807, 2.05) is 0 Å². The minimum absolute atomic E-state index is 0.343. The minimum Gasteiger partial charge on any atom is -0.481 e. The number of unbranched alkanes of at least 4 members (excludes halogenated alkanes) is 8. The lowest BCUT2D eigenvalue weighted by atomic mass is 10.1. The number of ether oxygens (including phenoxy) is 1. The zero-order valence-corrected chi connectivity index (χ0v) is 16.4. The van der Waals surface area contributed by atoms with Gasteiger partial charge in [0.05, 0.1) is 6.61 Å². The molecule has 0 saturated carbocycles. The van der Waals surface area contributed by atoms with Gasteiger partial charge in [-0.25, -0.2) is 0 Å². The second-order valence-corrected chi connectivity index (χ2v) is 6.36. The molecule has 0 aliphatic rings. The Morgan fingerprint density at radius 2 is 1.35 bits per heavy atom. The van der Waals surface area contributed by atoms with Crippen LogP contribution in [0.2, 0.25) is 0 Å². The van der Waals surface area contributed by atoms with Crippen LogP contribution in [0, 0.1) is 0 Å². The molecular weight excluding hydrogens is 340 g/mol. The van der Waals surface area contributed by atoms with Crippen molar-refractivity contribution in [3.05, 3.63) is 0 Å². The zero-order valence-electron chi connectivity index (χ0n) is 16.4. The van der Waals surface area contributed by atoms with Crippen molar-refractivity contribution in [1.82, 2.24) is 0 Å². The van der Waals surface area contributed by atoms with Gasteiger partial charge in [-0.05, 0) is 13.3 Å². The van der Waals surface area contributed by atoms with Crippen LogP contribution in [0.1, 0.15) is 85.0 Å². The van der Waals surface area contributed by atoms with Crippen molar-refractivity contribution in [2.45, 2.75) is 97.2 Å². The van der Waals surface area contributed by atoms with E-state index in [1.165, 1.54) is 51.9 Å². The fourth-order valence-corrected chi connectivity index (χ4v) is 2.29. The Kier molecular flexibility index (Phi) is 18.9. The third kappa shape index (κ3) is 18.9. The van der Waals surface area contributed by atoms with Gasteiger partial charge in [-0.2, -0.15) is 0 Å². The standard InChI is InChI=1S/C12H24O2.C7H12O5/c1-2-3-4-5-6-7-8-9-10-11-12(13)14;1-4(9)7(6(11)3-8)12-5(2)10/h2-11H2,1H3,(H,13,14);6-8,11H,3H2,1-2H3. The molecule has 3 N–H and O–H groups in total. The van der Waals surface area contributed by atoms with Gasteiger partial charge in [0.25, 0.3) is 0 Å². The van der Waals surface area contributed by atoms with Gasteiger partial charge in [0.1, 0.15) is 6.10 Å². The number of rotatable bonds is 14. The third-order valence-corrected chi connectivity index (χ3v) is 3.72. The second kappa shape index (κ2) is 18.3. The van der Waals surface area contributed by atoms with Crippen LogP contribution in [0.3, 0.4) is 0 Å². The first-order valence-electron chi connectivity index (χ1n) is 9.44. The van der Waals surface area contributed by atoms with Gasteiger partial charge in [0, 0.05) is 13.3 Å². The highest BCUT2D eigenvalue weighted by Gasteiger charge is 2.25. The molecule has 0 aromatic heterocycles. The Balaban J connectivity index is 0. The van der Waals surface area contributed by atoms with E-state index in [0.717, 1.165) is 19.8 Å². The number of hydrogen-bond donors (Lipinski definition) is 3. The van der Waals surface area contributed by atoms with Crippen molar-refractivity contribution in [1.29, 1.82) is 0 Å². The van der Waals surface area contributed by atoms with E-state index in [-0.39, 0.29) is 0 Å². The average Bonchev–Trinajstić information content (AvgIpc) is 2.57. The summed E-state index contributed by atoms with van der Waals surface area (Å²) in [5.74, 6) is -1.82. The van der Waals surface area contributed by atoms with Crippen molar-refractivity contribution in [3.8, 4) is 0 Å². The summed E-state index contributed by atoms with van der Waals surface area (Å²) in [5.41, 5.74) is 0. The molecule has 0 spiro atoms. The molecule has 7 heteroatoms. The van der Waals surface area contributed by atoms with Gasteiger partial charge in [0.15, 0.2) is 11.9 Å². The van der Waals surface area contributed by atoms with Gasteiger partial charge in [-0.15, -0.1) is 0 Å². The summed E-state index contributed by atoms with van der Waals surface area (Å²) in [6.45, 7) is 3.91. The van der Waals surface area contributed by atoms with Gasteiger partial charge >= 0.3 is 11.9 Å². The first-order valence-corrected chi connectivity index (χ1v) is 9.44. The third-order valence-electron chi connectivity index (χ3n) is 3.72. The van der Waals surface area contributed by atoms with Crippen LogP contribution in [0.25, 0.3) is 0 Å². The summed E-state index contributed by atoms with van der Waals surface area (Å²) in [6, 6.07) is 0. The first kappa shape index (κ1) is 26.8. The fraction of sp³-hybridized carbons (Fsp3) is 0.842. The molecule has 2 unspecified atom stereocenters. The second-order valence-electron chi connectivity index (χ2n) is 6.36. The molecule has 0 aliphatic heterocycles. The highest BCUT2D eigenvalue weighted by molar-refractivity contribution is 5.83. The van der Waals surface area contributed by atoms with Crippen LogP contribution in [-0.4, -0.2) is 51.9 Å². The van der Waals surface area contributed by atoms with Crippen LogP contribution in [0.4, 0.5) is 0 Å². The highest BCUT2D eigenvalue weighted by Crippen LogP contribution is 2.10. The lowest BCUT2D eigenvalue weighted by Crippen LogP contribution is -2.38. The molecule has 2 atom stereocenters. The summed E-state index contributed by atoms with van der Waals surface area (Å²) < 4.78 is 4.47. The number of carboxylic acid groups (broad SMARTS) is 1. The van der Waals surface area contributed by atoms with Crippen molar-refractivity contribution in [3.63, 3.8) is 0 Å². The van der Waals surface area contributed by atoms with E-state index < -0.39 is 36.5 Å². The lowest BCUT2D eigenvalue weighted by molar-refractivity contribution is -0.160. The van der Waals surface area contributed by atoms with Crippen LogP contribution in [0.5, 0.6) is 0 Å². The molecule has 0 aromatic carbocycles. The van der Waals surface area contributed by atoms with E-state index in [9.17, 15) is 14.4 Å². The summed E-state index contributed by atoms with van der Waals surface area (Å²) in [4.78, 5) is 31.3. The van der Waals surface area contributed by atoms with Gasteiger partial charge in [-0.1, -0.05) is 58.3 Å². The van der Waals surface area contributed by atoms with Crippen molar-refractivity contribution < 1.29 is 34.4 Å². The molecule has 0 rings (SSSR count). The van der Waals surface area contributed by atoms with Crippen LogP contribution >= 0.6 is 0 Å². The van der Waals surface area contributed by atoms with Crippen molar-refractivity contribution in [2.75, 3.05) is 6.61 Å². The quantitative estimate of drug-likeness (QED) is 0.315. The zero-order chi connectivity index (χ0) is 20.4. The SMILES string of the molecule is CC(=O)OC(C(C)=O)C(O)CO.CCCCCCCCCCCC(=O)O. The predicted octanol–water partition coefficient (Wildman–Crippen LogP) is 2.85. The monoisotopic (exact) mass is 376 g/mol. The van der Waals surface area contributed by atoms with Crippen molar-refractivity contribution >= 4 is 17.7 Å². The fourth-order valence-electron chi connectivity index (χ4n) is 2.29. The molecule has 0 radical (unpaired) electrons. The van der Waals surface area contributed by atoms with E-state index in [0.29, 0.717) is 6.42 Å². The molecule has 7 nitrogen and oxygen atoms in total. The number of aliphatic carboxylic acids is 1. The first-order chi connectivity index (χ1) is 12.3. The normalized spacial score (nSPS) is 12.5. The van der Waals surface area contributed by atoms with Gasteiger partial charge < -0.3 is 20.1 Å². The van der Waals surface area contributed by atoms with Crippen LogP contribution < -0.4 is 0 Å². The Morgan fingerprint density at radius 1 is 0.885 bits per heavy atom. The number of aliphatic hydroxyl groups excluding tert-OH is 2. The smallest absolute Gasteiger partial charge is 0.303 e. The highest BCUT2D eigenvalue weighted by atomic mass is 16.6. The number of carbonyl (C=O) groups excluding carboxylic acids is 2. The van der Waals surface area contributed by atoms with E-state index in [2.05, 4.69) is 11.7 Å². The maximum absolute atomic E-state index is 10.7. The average molecular weight is 376 g/mol. The molecule has 0 heterocycles. The summed E-state index contributed by atoms with van der Waals surface area (Å²) in [6.07, 6.45) is 8.88. The number of Topliss-reactive ketones (excluding diaryl/α,β-unsaturated/α-hetero) is 1. The predicted molar refractivity (Wildman–Crippen MR) is 98.8 cm³/mol. The van der Waals surface area contributed by atoms with Gasteiger partial charge in [0.2, 0.25) is 0 Å². The molecule has 0 aromatic rings. The maximum Gasteiger partial charge on any atom is 0.303 e. The number of hydrogen-bond acceptors (Lipinski definition) is 6. The van der Waals surface area contributed by atoms with E-state index >= 15 is 0 Å². The van der Waals surface area contributed by atoms with Crippen LogP contribution in [-0.2, 0) is 19.1 Å². The number of aliphatic hydroxyl groups is 2. The molecule has 154 valence electrons. The maximum atomic E-state index is 10.7. The molecule has 0 aliphatic carbocycles. The molecule has 0 saturated heterocycles. The van der Waals surface area contributed by atoms with E-state index in [4.69, 9.17) is 15.3 Å².